The first-order valence-corrected chi connectivity index (χ1v) is 9.25. The number of carbonyl (C=O) groups is 2. The summed E-state index contributed by atoms with van der Waals surface area (Å²) in [6.45, 7) is 3.58. The molecule has 0 aromatic heterocycles. The molecule has 3 N–H and O–H groups in total. The van der Waals surface area contributed by atoms with E-state index < -0.39 is 17.4 Å². The van der Waals surface area contributed by atoms with Gasteiger partial charge >= 0.3 is 5.97 Å². The number of hydrogen-bond donors (Lipinski definition) is 3. The predicted molar refractivity (Wildman–Crippen MR) is 107 cm³/mol. The number of aliphatic hydroxyl groups excluding tert-OH is 1. The largest absolute Gasteiger partial charge is 0.478 e. The molecule has 0 spiro atoms. The van der Waals surface area contributed by atoms with Gasteiger partial charge in [-0.3, -0.25) is 4.79 Å². The van der Waals surface area contributed by atoms with Gasteiger partial charge in [-0.05, 0) is 31.0 Å². The lowest BCUT2D eigenvalue weighted by molar-refractivity contribution is -0.135. The fourth-order valence-electron chi connectivity index (χ4n) is 3.92. The summed E-state index contributed by atoms with van der Waals surface area (Å²) in [7, 11) is 0. The molecule has 0 fully saturated rings. The number of aliphatic carboxylic acids is 1. The van der Waals surface area contributed by atoms with Gasteiger partial charge in [0.05, 0.1) is 12.2 Å². The number of benzene rings is 2. The molecule has 1 aliphatic rings. The Morgan fingerprint density at radius 2 is 1.75 bits per heavy atom. The standard InChI is InChI=1S/C22H24N2O4/c1-3-22(16-7-5-4-6-8-16)18(21(27)28)19(20(26)24(22)13-14-25)23-17-11-9-15(2)10-12-17/h4-12,23,25H,3,13-14H2,1-2H3,(H,27,28). The van der Waals surface area contributed by atoms with Gasteiger partial charge < -0.3 is 20.4 Å². The Morgan fingerprint density at radius 1 is 1.11 bits per heavy atom. The molecule has 0 aliphatic carbocycles. The number of carboxylic acids is 1. The Balaban J connectivity index is 2.21. The number of nitrogens with one attached hydrogen (secondary N) is 1. The van der Waals surface area contributed by atoms with E-state index in [1.807, 2.05) is 56.3 Å². The summed E-state index contributed by atoms with van der Waals surface area (Å²) in [4.78, 5) is 27.1. The minimum atomic E-state index is -1.16. The van der Waals surface area contributed by atoms with Crippen molar-refractivity contribution in [1.82, 2.24) is 4.90 Å². The van der Waals surface area contributed by atoms with Crippen LogP contribution in [0.3, 0.4) is 0 Å². The lowest BCUT2D eigenvalue weighted by Crippen LogP contribution is -2.48. The molecule has 0 saturated carbocycles. The first-order valence-electron chi connectivity index (χ1n) is 9.25. The molecule has 1 aliphatic heterocycles. The van der Waals surface area contributed by atoms with E-state index in [0.29, 0.717) is 17.7 Å². The van der Waals surface area contributed by atoms with Crippen LogP contribution in [-0.4, -0.2) is 40.1 Å². The van der Waals surface area contributed by atoms with Crippen LogP contribution in [-0.2, 0) is 15.1 Å². The second kappa shape index (κ2) is 7.86. The maximum absolute atomic E-state index is 13.3. The smallest absolute Gasteiger partial charge is 0.336 e. The summed E-state index contributed by atoms with van der Waals surface area (Å²) < 4.78 is 0. The fraction of sp³-hybridized carbons (Fsp3) is 0.273. The topological polar surface area (TPSA) is 89.9 Å². The summed E-state index contributed by atoms with van der Waals surface area (Å²) in [5.41, 5.74) is 1.29. The van der Waals surface area contributed by atoms with E-state index in [1.165, 1.54) is 4.90 Å². The molecular weight excluding hydrogens is 356 g/mol. The van der Waals surface area contributed by atoms with E-state index >= 15 is 0 Å². The van der Waals surface area contributed by atoms with Crippen LogP contribution in [0.2, 0.25) is 0 Å². The van der Waals surface area contributed by atoms with Gasteiger partial charge in [-0.15, -0.1) is 0 Å². The van der Waals surface area contributed by atoms with Crippen molar-refractivity contribution in [2.75, 3.05) is 18.5 Å². The van der Waals surface area contributed by atoms with Crippen LogP contribution in [0.4, 0.5) is 5.69 Å². The van der Waals surface area contributed by atoms with Crippen LogP contribution in [0.15, 0.2) is 65.9 Å². The Kier molecular flexibility index (Phi) is 5.51. The zero-order valence-electron chi connectivity index (χ0n) is 16.0. The Labute approximate surface area is 164 Å². The minimum Gasteiger partial charge on any atom is -0.478 e. The highest BCUT2D eigenvalue weighted by atomic mass is 16.4. The molecule has 0 saturated heterocycles. The fourth-order valence-corrected chi connectivity index (χ4v) is 3.92. The average Bonchev–Trinajstić information content (AvgIpc) is 2.94. The Hall–Kier alpha value is -3.12. The van der Waals surface area contributed by atoms with E-state index in [9.17, 15) is 19.8 Å². The van der Waals surface area contributed by atoms with Gasteiger partial charge in [0, 0.05) is 12.2 Å². The van der Waals surface area contributed by atoms with Crippen molar-refractivity contribution in [2.24, 2.45) is 0 Å². The molecule has 1 atom stereocenters. The van der Waals surface area contributed by atoms with Crippen LogP contribution in [0.25, 0.3) is 0 Å². The summed E-state index contributed by atoms with van der Waals surface area (Å²) in [6.07, 6.45) is 0.365. The lowest BCUT2D eigenvalue weighted by atomic mass is 9.80. The molecule has 1 heterocycles. The molecule has 3 rings (SSSR count). The highest BCUT2D eigenvalue weighted by Crippen LogP contribution is 2.46. The third-order valence-electron chi connectivity index (χ3n) is 5.20. The molecule has 1 unspecified atom stereocenters. The van der Waals surface area contributed by atoms with Crippen LogP contribution in [0, 0.1) is 6.92 Å². The number of anilines is 1. The molecule has 2 aromatic carbocycles. The van der Waals surface area contributed by atoms with Crippen LogP contribution < -0.4 is 5.32 Å². The average molecular weight is 380 g/mol. The highest BCUT2D eigenvalue weighted by molar-refractivity contribution is 6.10. The number of nitrogens with zero attached hydrogens (tertiary/aromatic N) is 1. The van der Waals surface area contributed by atoms with Gasteiger partial charge in [0.2, 0.25) is 0 Å². The van der Waals surface area contributed by atoms with Crippen molar-refractivity contribution in [2.45, 2.75) is 25.8 Å². The van der Waals surface area contributed by atoms with Crippen LogP contribution in [0.1, 0.15) is 24.5 Å². The van der Waals surface area contributed by atoms with Crippen molar-refractivity contribution in [3.63, 3.8) is 0 Å². The maximum Gasteiger partial charge on any atom is 0.336 e. The van der Waals surface area contributed by atoms with Crippen molar-refractivity contribution >= 4 is 17.6 Å². The van der Waals surface area contributed by atoms with Gasteiger partial charge in [0.15, 0.2) is 0 Å². The third kappa shape index (κ3) is 3.16. The summed E-state index contributed by atoms with van der Waals surface area (Å²) >= 11 is 0. The van der Waals surface area contributed by atoms with E-state index in [1.54, 1.807) is 12.1 Å². The number of β-amino-alcohol motifs (C(OH)–C–C–N with tert-alkyl or cyclic N) is 1. The van der Waals surface area contributed by atoms with Gasteiger partial charge in [0.1, 0.15) is 11.2 Å². The number of carboxylic acid groups (broad SMARTS) is 1. The molecule has 1 amide bonds. The Bertz CT molecular complexity index is 906. The van der Waals surface area contributed by atoms with E-state index in [2.05, 4.69) is 5.32 Å². The quantitative estimate of drug-likeness (QED) is 0.687. The van der Waals surface area contributed by atoms with Gasteiger partial charge in [0.25, 0.3) is 5.91 Å². The monoisotopic (exact) mass is 380 g/mol. The SMILES string of the molecule is CCC1(c2ccccc2)C(C(=O)O)=C(Nc2ccc(C)cc2)C(=O)N1CCO. The first-order chi connectivity index (χ1) is 13.5. The van der Waals surface area contributed by atoms with E-state index in [4.69, 9.17) is 0 Å². The molecule has 28 heavy (non-hydrogen) atoms. The summed E-state index contributed by atoms with van der Waals surface area (Å²) in [5.74, 6) is -1.59. The first kappa shape index (κ1) is 19.6. The number of aliphatic hydroxyl groups is 1. The normalized spacial score (nSPS) is 19.2. The third-order valence-corrected chi connectivity index (χ3v) is 5.20. The Morgan fingerprint density at radius 3 is 2.29 bits per heavy atom. The number of rotatable bonds is 7. The highest BCUT2D eigenvalue weighted by Gasteiger charge is 2.54. The van der Waals surface area contributed by atoms with Gasteiger partial charge in [-0.1, -0.05) is 55.0 Å². The molecule has 0 radical (unpaired) electrons. The summed E-state index contributed by atoms with van der Waals surface area (Å²) in [5, 5.41) is 22.7. The molecule has 2 aromatic rings. The lowest BCUT2D eigenvalue weighted by Gasteiger charge is -2.39. The molecule has 6 nitrogen and oxygen atoms in total. The molecule has 6 heteroatoms. The van der Waals surface area contributed by atoms with Crippen molar-refractivity contribution < 1.29 is 19.8 Å². The van der Waals surface area contributed by atoms with Crippen molar-refractivity contribution in [3.05, 3.63) is 77.0 Å². The van der Waals surface area contributed by atoms with Crippen LogP contribution >= 0.6 is 0 Å². The van der Waals surface area contributed by atoms with Gasteiger partial charge in [-0.25, -0.2) is 4.79 Å². The second-order valence-corrected chi connectivity index (χ2v) is 6.81. The number of hydrogen-bond acceptors (Lipinski definition) is 4. The maximum atomic E-state index is 13.3. The number of amides is 1. The zero-order chi connectivity index (χ0) is 20.3. The zero-order valence-corrected chi connectivity index (χ0v) is 16.0. The molecule has 146 valence electrons. The predicted octanol–water partition coefficient (Wildman–Crippen LogP) is 2.89. The summed E-state index contributed by atoms with van der Waals surface area (Å²) in [6, 6.07) is 16.5. The number of aryl methyl sites for hydroxylation is 1. The number of carbonyl (C=O) groups excluding carboxylic acids is 1. The van der Waals surface area contributed by atoms with Crippen LogP contribution in [0.5, 0.6) is 0 Å². The van der Waals surface area contributed by atoms with Crippen molar-refractivity contribution in [1.29, 1.82) is 0 Å². The molecule has 0 bridgehead atoms. The molecular formula is C22H24N2O4. The van der Waals surface area contributed by atoms with E-state index in [0.717, 1.165) is 5.56 Å². The van der Waals surface area contributed by atoms with E-state index in [-0.39, 0.29) is 24.4 Å². The minimum absolute atomic E-state index is 0.000208. The van der Waals surface area contributed by atoms with Gasteiger partial charge in [-0.2, -0.15) is 0 Å². The van der Waals surface area contributed by atoms with Crippen molar-refractivity contribution in [3.8, 4) is 0 Å². The second-order valence-electron chi connectivity index (χ2n) is 6.81.